The van der Waals surface area contributed by atoms with Crippen LogP contribution in [0.3, 0.4) is 0 Å². The van der Waals surface area contributed by atoms with Crippen LogP contribution in [0.4, 0.5) is 0 Å². The minimum atomic E-state index is 0.0509. The molecular weight excluding hydrogens is 102 g/mol. The molecule has 0 aromatic carbocycles. The lowest BCUT2D eigenvalue weighted by Crippen LogP contribution is -2.09. The number of hydrogen-bond donors (Lipinski definition) is 1. The molecule has 0 aliphatic carbocycles. The minimum absolute atomic E-state index is 0.0509. The van der Waals surface area contributed by atoms with E-state index < -0.39 is 0 Å². The number of nitrogens with two attached hydrogens (primary N) is 1. The minimum Gasteiger partial charge on any atom is -0.297 e. The van der Waals surface area contributed by atoms with Crippen molar-refractivity contribution in [3.63, 3.8) is 0 Å². The largest absolute Gasteiger partial charge is 0.297 e. The van der Waals surface area contributed by atoms with Crippen LogP contribution < -0.4 is 5.90 Å². The first-order valence-corrected chi connectivity index (χ1v) is 2.83. The van der Waals surface area contributed by atoms with E-state index in [9.17, 15) is 0 Å². The summed E-state index contributed by atoms with van der Waals surface area (Å²) >= 11 is 0. The predicted molar refractivity (Wildman–Crippen MR) is 34.2 cm³/mol. The average molecular weight is 115 g/mol. The molecule has 1 atom stereocenters. The van der Waals surface area contributed by atoms with Crippen LogP contribution in [-0.2, 0) is 4.84 Å². The third-order valence-corrected chi connectivity index (χ3v) is 0.857. The van der Waals surface area contributed by atoms with Gasteiger partial charge in [0.2, 0.25) is 0 Å². The fourth-order valence-corrected chi connectivity index (χ4v) is 0.373. The summed E-state index contributed by atoms with van der Waals surface area (Å²) in [6, 6.07) is 0. The highest BCUT2D eigenvalue weighted by Gasteiger charge is 1.87. The summed E-state index contributed by atoms with van der Waals surface area (Å²) in [5.41, 5.74) is 0. The van der Waals surface area contributed by atoms with Crippen molar-refractivity contribution < 1.29 is 4.84 Å². The lowest BCUT2D eigenvalue weighted by atomic mass is 10.3. The highest BCUT2D eigenvalue weighted by atomic mass is 16.6. The Labute approximate surface area is 50.3 Å². The summed E-state index contributed by atoms with van der Waals surface area (Å²) in [5, 5.41) is 0. The van der Waals surface area contributed by atoms with Crippen LogP contribution >= 0.6 is 0 Å². The van der Waals surface area contributed by atoms with E-state index in [2.05, 4.69) is 11.8 Å². The van der Waals surface area contributed by atoms with Crippen LogP contribution in [-0.4, -0.2) is 6.10 Å². The van der Waals surface area contributed by atoms with Gasteiger partial charge in [0.25, 0.3) is 0 Å². The Kier molecular flexibility index (Phi) is 4.61. The Morgan fingerprint density at radius 1 is 1.75 bits per heavy atom. The molecule has 2 nitrogen and oxygen atoms in total. The first-order valence-electron chi connectivity index (χ1n) is 2.83. The van der Waals surface area contributed by atoms with Gasteiger partial charge in [-0.1, -0.05) is 19.1 Å². The molecule has 0 rings (SSSR count). The van der Waals surface area contributed by atoms with E-state index in [1.54, 1.807) is 0 Å². The molecule has 0 aromatic heterocycles. The zero-order valence-electron chi connectivity index (χ0n) is 5.42. The number of rotatable bonds is 3. The average Bonchev–Trinajstić information content (AvgIpc) is 1.83. The van der Waals surface area contributed by atoms with Crippen molar-refractivity contribution in [2.75, 3.05) is 0 Å². The SMILES string of the molecule is CC/C=C/C(C)ON. The van der Waals surface area contributed by atoms with Crippen molar-refractivity contribution >= 4 is 0 Å². The fourth-order valence-electron chi connectivity index (χ4n) is 0.373. The number of allylic oxidation sites excluding steroid dienone is 1. The molecule has 0 amide bonds. The van der Waals surface area contributed by atoms with Gasteiger partial charge < -0.3 is 0 Å². The monoisotopic (exact) mass is 115 g/mol. The normalized spacial score (nSPS) is 14.9. The highest BCUT2D eigenvalue weighted by Crippen LogP contribution is 1.88. The van der Waals surface area contributed by atoms with Crippen molar-refractivity contribution in [2.24, 2.45) is 5.90 Å². The van der Waals surface area contributed by atoms with Crippen LogP contribution in [0.25, 0.3) is 0 Å². The number of hydrogen-bond acceptors (Lipinski definition) is 2. The van der Waals surface area contributed by atoms with E-state index in [0.29, 0.717) is 0 Å². The summed E-state index contributed by atoms with van der Waals surface area (Å²) in [4.78, 5) is 4.47. The maximum absolute atomic E-state index is 4.86. The Morgan fingerprint density at radius 2 is 2.38 bits per heavy atom. The summed E-state index contributed by atoms with van der Waals surface area (Å²) in [6.45, 7) is 3.96. The topological polar surface area (TPSA) is 35.2 Å². The van der Waals surface area contributed by atoms with Gasteiger partial charge in [-0.2, -0.15) is 0 Å². The van der Waals surface area contributed by atoms with E-state index in [4.69, 9.17) is 5.90 Å². The molecule has 2 N–H and O–H groups in total. The molecule has 0 saturated heterocycles. The molecule has 0 radical (unpaired) electrons. The summed E-state index contributed by atoms with van der Waals surface area (Å²) < 4.78 is 0. The quantitative estimate of drug-likeness (QED) is 0.443. The Hall–Kier alpha value is -0.340. The summed E-state index contributed by atoms with van der Waals surface area (Å²) in [6.07, 6.45) is 5.04. The third kappa shape index (κ3) is 3.84. The first kappa shape index (κ1) is 7.66. The van der Waals surface area contributed by atoms with Crippen molar-refractivity contribution in [3.05, 3.63) is 12.2 Å². The highest BCUT2D eigenvalue weighted by molar-refractivity contribution is 4.85. The summed E-state index contributed by atoms with van der Waals surface area (Å²) in [5.74, 6) is 4.86. The van der Waals surface area contributed by atoms with Crippen LogP contribution in [0.2, 0.25) is 0 Å². The van der Waals surface area contributed by atoms with Crippen LogP contribution in [0.5, 0.6) is 0 Å². The van der Waals surface area contributed by atoms with Gasteiger partial charge in [0.1, 0.15) is 0 Å². The van der Waals surface area contributed by atoms with E-state index in [1.165, 1.54) is 0 Å². The van der Waals surface area contributed by atoms with Gasteiger partial charge >= 0.3 is 0 Å². The molecule has 0 aliphatic heterocycles. The van der Waals surface area contributed by atoms with Crippen LogP contribution in [0.1, 0.15) is 20.3 Å². The van der Waals surface area contributed by atoms with Gasteiger partial charge in [-0.3, -0.25) is 4.84 Å². The van der Waals surface area contributed by atoms with Gasteiger partial charge in [-0.05, 0) is 13.3 Å². The molecule has 0 saturated carbocycles. The van der Waals surface area contributed by atoms with E-state index in [1.807, 2.05) is 19.1 Å². The van der Waals surface area contributed by atoms with Gasteiger partial charge in [-0.25, -0.2) is 5.90 Å². The smallest absolute Gasteiger partial charge is 0.0940 e. The third-order valence-electron chi connectivity index (χ3n) is 0.857. The van der Waals surface area contributed by atoms with Gasteiger partial charge in [0, 0.05) is 0 Å². The predicted octanol–water partition coefficient (Wildman–Crippen LogP) is 1.23. The standard InChI is InChI=1S/C6H13NO/c1-3-4-5-6(2)8-7/h4-6H,3,7H2,1-2H3/b5-4+. The second-order valence-corrected chi connectivity index (χ2v) is 1.68. The van der Waals surface area contributed by atoms with Crippen molar-refractivity contribution in [2.45, 2.75) is 26.4 Å². The van der Waals surface area contributed by atoms with Crippen LogP contribution in [0.15, 0.2) is 12.2 Å². The van der Waals surface area contributed by atoms with E-state index in [-0.39, 0.29) is 6.10 Å². The van der Waals surface area contributed by atoms with Gasteiger partial charge in [0.05, 0.1) is 6.10 Å². The van der Waals surface area contributed by atoms with E-state index >= 15 is 0 Å². The van der Waals surface area contributed by atoms with Gasteiger partial charge in [0.15, 0.2) is 0 Å². The molecule has 0 bridgehead atoms. The van der Waals surface area contributed by atoms with Crippen LogP contribution in [0, 0.1) is 0 Å². The molecule has 0 spiro atoms. The van der Waals surface area contributed by atoms with Crippen molar-refractivity contribution in [1.82, 2.24) is 0 Å². The van der Waals surface area contributed by atoms with Crippen molar-refractivity contribution in [3.8, 4) is 0 Å². The zero-order valence-corrected chi connectivity index (χ0v) is 5.42. The molecular formula is C6H13NO. The molecule has 2 heteroatoms. The fraction of sp³-hybridized carbons (Fsp3) is 0.667. The Bertz CT molecular complexity index is 70.9. The molecule has 0 fully saturated rings. The summed E-state index contributed by atoms with van der Waals surface area (Å²) in [7, 11) is 0. The maximum Gasteiger partial charge on any atom is 0.0940 e. The molecule has 1 unspecified atom stereocenters. The molecule has 0 aliphatic rings. The molecule has 48 valence electrons. The second-order valence-electron chi connectivity index (χ2n) is 1.68. The molecule has 0 heterocycles. The lowest BCUT2D eigenvalue weighted by Gasteiger charge is -1.98. The maximum atomic E-state index is 4.86. The van der Waals surface area contributed by atoms with E-state index in [0.717, 1.165) is 6.42 Å². The van der Waals surface area contributed by atoms with Gasteiger partial charge in [-0.15, -0.1) is 0 Å². The second kappa shape index (κ2) is 4.81. The molecule has 8 heavy (non-hydrogen) atoms. The Balaban J connectivity index is 3.21. The lowest BCUT2D eigenvalue weighted by molar-refractivity contribution is 0.0993. The Morgan fingerprint density at radius 3 is 2.75 bits per heavy atom. The molecule has 0 aromatic rings. The zero-order chi connectivity index (χ0) is 6.41. The van der Waals surface area contributed by atoms with Crippen molar-refractivity contribution in [1.29, 1.82) is 0 Å². The first-order chi connectivity index (χ1) is 3.81.